The SMILES string of the molecule is Cc1c(Cl)cccc1C1(Nc2ccc3cccnc3c2)CC(C#N)C1. The Hall–Kier alpha value is -2.57. The van der Waals surface area contributed by atoms with Crippen molar-refractivity contribution < 1.29 is 0 Å². The largest absolute Gasteiger partial charge is 0.375 e. The Bertz CT molecular complexity index is 984. The molecule has 1 saturated carbocycles. The molecule has 0 atom stereocenters. The van der Waals surface area contributed by atoms with Crippen molar-refractivity contribution in [2.45, 2.75) is 25.3 Å². The van der Waals surface area contributed by atoms with E-state index in [-0.39, 0.29) is 11.5 Å². The zero-order valence-electron chi connectivity index (χ0n) is 14.0. The van der Waals surface area contributed by atoms with Crippen LogP contribution in [0.2, 0.25) is 5.02 Å². The molecule has 0 spiro atoms. The molecule has 124 valence electrons. The van der Waals surface area contributed by atoms with Gasteiger partial charge in [0.2, 0.25) is 0 Å². The smallest absolute Gasteiger partial charge is 0.0722 e. The Kier molecular flexibility index (Phi) is 3.86. The zero-order chi connectivity index (χ0) is 17.4. The fraction of sp³-hybridized carbons (Fsp3) is 0.238. The second-order valence-corrected chi connectivity index (χ2v) is 7.17. The number of nitrogens with zero attached hydrogens (tertiary/aromatic N) is 2. The van der Waals surface area contributed by atoms with Crippen LogP contribution in [0, 0.1) is 24.2 Å². The lowest BCUT2D eigenvalue weighted by molar-refractivity contribution is 0.218. The van der Waals surface area contributed by atoms with Crippen LogP contribution < -0.4 is 5.32 Å². The molecule has 3 aromatic rings. The van der Waals surface area contributed by atoms with E-state index < -0.39 is 0 Å². The van der Waals surface area contributed by atoms with E-state index in [9.17, 15) is 5.26 Å². The third kappa shape index (κ3) is 2.73. The van der Waals surface area contributed by atoms with Gasteiger partial charge in [-0.2, -0.15) is 5.26 Å². The molecule has 25 heavy (non-hydrogen) atoms. The summed E-state index contributed by atoms with van der Waals surface area (Å²) in [6.45, 7) is 2.04. The van der Waals surface area contributed by atoms with Crippen LogP contribution >= 0.6 is 11.6 Å². The van der Waals surface area contributed by atoms with Gasteiger partial charge in [0.15, 0.2) is 0 Å². The molecule has 2 aromatic carbocycles. The van der Waals surface area contributed by atoms with E-state index in [0.717, 1.165) is 40.0 Å². The number of nitrogens with one attached hydrogen (secondary N) is 1. The molecule has 4 heteroatoms. The fourth-order valence-electron chi connectivity index (χ4n) is 3.81. The second kappa shape index (κ2) is 6.06. The molecule has 0 aliphatic heterocycles. The van der Waals surface area contributed by atoms with Gasteiger partial charge in [-0.05, 0) is 55.2 Å². The Morgan fingerprint density at radius 1 is 1.20 bits per heavy atom. The van der Waals surface area contributed by atoms with Crippen LogP contribution in [-0.2, 0) is 5.54 Å². The summed E-state index contributed by atoms with van der Waals surface area (Å²) in [4.78, 5) is 4.44. The van der Waals surface area contributed by atoms with Crippen LogP contribution in [0.1, 0.15) is 24.0 Å². The summed E-state index contributed by atoms with van der Waals surface area (Å²) in [5, 5.41) is 14.8. The molecule has 1 heterocycles. The van der Waals surface area contributed by atoms with Crippen LogP contribution in [0.25, 0.3) is 10.9 Å². The van der Waals surface area contributed by atoms with Gasteiger partial charge in [0.05, 0.1) is 23.0 Å². The maximum atomic E-state index is 9.28. The summed E-state index contributed by atoms with van der Waals surface area (Å²) >= 11 is 6.35. The van der Waals surface area contributed by atoms with Crippen molar-refractivity contribution in [3.63, 3.8) is 0 Å². The second-order valence-electron chi connectivity index (χ2n) is 6.76. The number of pyridine rings is 1. The predicted octanol–water partition coefficient (Wildman–Crippen LogP) is 5.44. The van der Waals surface area contributed by atoms with Crippen molar-refractivity contribution >= 4 is 28.2 Å². The van der Waals surface area contributed by atoms with Crippen molar-refractivity contribution in [2.75, 3.05) is 5.32 Å². The molecule has 1 fully saturated rings. The topological polar surface area (TPSA) is 48.7 Å². The maximum absolute atomic E-state index is 9.28. The van der Waals surface area contributed by atoms with Gasteiger partial charge in [0, 0.05) is 22.3 Å². The standard InChI is InChI=1S/C21H18ClN3/c1-14-18(5-2-6-19(14)22)21(11-15(12-21)13-23)25-17-8-7-16-4-3-9-24-20(16)10-17/h2-10,15,25H,11-12H2,1H3. The Morgan fingerprint density at radius 2 is 2.04 bits per heavy atom. The number of hydrogen-bond donors (Lipinski definition) is 1. The highest BCUT2D eigenvalue weighted by molar-refractivity contribution is 6.31. The minimum Gasteiger partial charge on any atom is -0.375 e. The van der Waals surface area contributed by atoms with E-state index in [1.54, 1.807) is 6.20 Å². The number of benzene rings is 2. The van der Waals surface area contributed by atoms with Gasteiger partial charge in [-0.1, -0.05) is 35.9 Å². The van der Waals surface area contributed by atoms with Crippen LogP contribution in [0.3, 0.4) is 0 Å². The number of rotatable bonds is 3. The molecule has 1 aromatic heterocycles. The first kappa shape index (κ1) is 15.9. The van der Waals surface area contributed by atoms with Crippen LogP contribution in [0.4, 0.5) is 5.69 Å². The summed E-state index contributed by atoms with van der Waals surface area (Å²) in [6.07, 6.45) is 3.37. The molecular formula is C21H18ClN3. The molecule has 4 rings (SSSR count). The number of aromatic nitrogens is 1. The van der Waals surface area contributed by atoms with Crippen molar-refractivity contribution in [1.29, 1.82) is 5.26 Å². The lowest BCUT2D eigenvalue weighted by Crippen LogP contribution is -2.47. The Balaban J connectivity index is 1.74. The molecular weight excluding hydrogens is 330 g/mol. The summed E-state index contributed by atoms with van der Waals surface area (Å²) in [7, 11) is 0. The summed E-state index contributed by atoms with van der Waals surface area (Å²) in [5.74, 6) is 0.0736. The van der Waals surface area contributed by atoms with Gasteiger partial charge < -0.3 is 5.32 Å². The lowest BCUT2D eigenvalue weighted by Gasteiger charge is -2.47. The van der Waals surface area contributed by atoms with E-state index in [1.807, 2.05) is 25.1 Å². The number of fused-ring (bicyclic) bond motifs is 1. The number of halogens is 1. The first-order valence-corrected chi connectivity index (χ1v) is 8.77. The summed E-state index contributed by atoms with van der Waals surface area (Å²) in [5.41, 5.74) is 3.97. The minimum atomic E-state index is -0.252. The van der Waals surface area contributed by atoms with Gasteiger partial charge in [-0.25, -0.2) is 0 Å². The molecule has 0 radical (unpaired) electrons. The first-order valence-electron chi connectivity index (χ1n) is 8.39. The van der Waals surface area contributed by atoms with Crippen LogP contribution in [0.5, 0.6) is 0 Å². The van der Waals surface area contributed by atoms with Gasteiger partial charge >= 0.3 is 0 Å². The predicted molar refractivity (Wildman–Crippen MR) is 102 cm³/mol. The highest BCUT2D eigenvalue weighted by Gasteiger charge is 2.46. The van der Waals surface area contributed by atoms with Gasteiger partial charge in [-0.3, -0.25) is 4.98 Å². The number of anilines is 1. The zero-order valence-corrected chi connectivity index (χ0v) is 14.7. The average Bonchev–Trinajstić information content (AvgIpc) is 2.60. The Labute approximate surface area is 152 Å². The first-order chi connectivity index (χ1) is 12.1. The van der Waals surface area contributed by atoms with E-state index in [2.05, 4.69) is 46.7 Å². The lowest BCUT2D eigenvalue weighted by atomic mass is 9.64. The minimum absolute atomic E-state index is 0.0736. The van der Waals surface area contributed by atoms with Crippen molar-refractivity contribution in [1.82, 2.24) is 4.98 Å². The normalized spacial score (nSPS) is 22.2. The fourth-order valence-corrected chi connectivity index (χ4v) is 3.98. The van der Waals surface area contributed by atoms with Crippen molar-refractivity contribution in [3.8, 4) is 6.07 Å². The molecule has 1 aliphatic rings. The van der Waals surface area contributed by atoms with Crippen LogP contribution in [-0.4, -0.2) is 4.98 Å². The van der Waals surface area contributed by atoms with E-state index in [0.29, 0.717) is 0 Å². The average molecular weight is 348 g/mol. The quantitative estimate of drug-likeness (QED) is 0.686. The maximum Gasteiger partial charge on any atom is 0.0722 e. The number of hydrogen-bond acceptors (Lipinski definition) is 3. The Morgan fingerprint density at radius 3 is 2.84 bits per heavy atom. The van der Waals surface area contributed by atoms with Gasteiger partial charge in [0.1, 0.15) is 0 Å². The van der Waals surface area contributed by atoms with Crippen molar-refractivity contribution in [3.05, 3.63) is 70.9 Å². The molecule has 3 nitrogen and oxygen atoms in total. The van der Waals surface area contributed by atoms with E-state index in [1.165, 1.54) is 5.56 Å². The monoisotopic (exact) mass is 347 g/mol. The number of nitriles is 1. The molecule has 0 unspecified atom stereocenters. The highest BCUT2D eigenvalue weighted by atomic mass is 35.5. The van der Waals surface area contributed by atoms with Gasteiger partial charge in [-0.15, -0.1) is 0 Å². The van der Waals surface area contributed by atoms with Gasteiger partial charge in [0.25, 0.3) is 0 Å². The third-order valence-corrected chi connectivity index (χ3v) is 5.55. The molecule has 0 bridgehead atoms. The molecule has 1 aliphatic carbocycles. The summed E-state index contributed by atoms with van der Waals surface area (Å²) < 4.78 is 0. The van der Waals surface area contributed by atoms with Crippen molar-refractivity contribution in [2.24, 2.45) is 5.92 Å². The highest BCUT2D eigenvalue weighted by Crippen LogP contribution is 2.49. The van der Waals surface area contributed by atoms with E-state index in [4.69, 9.17) is 11.6 Å². The summed E-state index contributed by atoms with van der Waals surface area (Å²) in [6, 6.07) is 18.6. The van der Waals surface area contributed by atoms with E-state index >= 15 is 0 Å². The molecule has 0 amide bonds. The third-order valence-electron chi connectivity index (χ3n) is 5.15. The molecule has 0 saturated heterocycles. The molecule has 1 N–H and O–H groups in total. The van der Waals surface area contributed by atoms with Crippen LogP contribution in [0.15, 0.2) is 54.7 Å².